The zero-order valence-electron chi connectivity index (χ0n) is 29.3. The van der Waals surface area contributed by atoms with Crippen LogP contribution in [-0.2, 0) is 0 Å². The average Bonchev–Trinajstić information content (AvgIpc) is 3.75. The summed E-state index contributed by atoms with van der Waals surface area (Å²) in [6, 6.07) is 69.0. The molecule has 252 valence electrons. The molecule has 3 heterocycles. The summed E-state index contributed by atoms with van der Waals surface area (Å²) < 4.78 is 4.81. The Balaban J connectivity index is 1.13. The minimum atomic E-state index is 0.710. The fourth-order valence-corrected chi connectivity index (χ4v) is 8.25. The van der Waals surface area contributed by atoms with Gasteiger partial charge in [0.25, 0.3) is 0 Å². The summed E-state index contributed by atoms with van der Waals surface area (Å²) >= 11 is 0. The first-order chi connectivity index (χ1) is 26.8. The van der Waals surface area contributed by atoms with E-state index in [1.54, 1.807) is 0 Å². The van der Waals surface area contributed by atoms with Crippen LogP contribution in [0.3, 0.4) is 0 Å². The van der Waals surface area contributed by atoms with E-state index in [0.717, 1.165) is 50.2 Å². The van der Waals surface area contributed by atoms with E-state index in [2.05, 4.69) is 191 Å². The van der Waals surface area contributed by atoms with E-state index < -0.39 is 0 Å². The summed E-state index contributed by atoms with van der Waals surface area (Å²) in [6.45, 7) is 0. The van der Waals surface area contributed by atoms with Crippen LogP contribution in [0.2, 0.25) is 0 Å². The Bertz CT molecular complexity index is 3140. The van der Waals surface area contributed by atoms with Crippen LogP contribution >= 0.6 is 0 Å². The van der Waals surface area contributed by atoms with Crippen molar-refractivity contribution < 1.29 is 0 Å². The average molecular weight is 689 g/mol. The van der Waals surface area contributed by atoms with Crippen LogP contribution in [-0.4, -0.2) is 19.1 Å². The standard InChI is InChI=1S/C50H32N4/c1-4-15-33(16-5-1)44-31-45(34-17-6-2-7-18-34)52-50(51-44)41-24-14-19-35-29-37(27-28-38(35)41)54-47-26-13-11-23-40(47)43-30-42-39-22-10-12-25-46(39)53(48(42)32-49(43)54)36-20-8-3-9-21-36/h1-32H. The molecule has 0 bridgehead atoms. The lowest BCUT2D eigenvalue weighted by Gasteiger charge is -2.13. The fourth-order valence-electron chi connectivity index (χ4n) is 8.25. The highest BCUT2D eigenvalue weighted by Crippen LogP contribution is 2.40. The summed E-state index contributed by atoms with van der Waals surface area (Å²) in [7, 11) is 0. The van der Waals surface area contributed by atoms with Crippen molar-refractivity contribution in [2.24, 2.45) is 0 Å². The maximum absolute atomic E-state index is 5.17. The summed E-state index contributed by atoms with van der Waals surface area (Å²) in [5, 5.41) is 7.22. The monoisotopic (exact) mass is 688 g/mol. The Kier molecular flexibility index (Phi) is 6.82. The predicted octanol–water partition coefficient (Wildman–Crippen LogP) is 12.8. The highest BCUT2D eigenvalue weighted by Gasteiger charge is 2.19. The van der Waals surface area contributed by atoms with E-state index in [9.17, 15) is 0 Å². The molecule has 4 heteroatoms. The molecule has 0 atom stereocenters. The smallest absolute Gasteiger partial charge is 0.161 e. The van der Waals surface area contributed by atoms with Gasteiger partial charge in [0.15, 0.2) is 5.82 Å². The lowest BCUT2D eigenvalue weighted by Crippen LogP contribution is -1.98. The molecular weight excluding hydrogens is 657 g/mol. The largest absolute Gasteiger partial charge is 0.309 e. The molecule has 0 saturated heterocycles. The van der Waals surface area contributed by atoms with Crippen LogP contribution in [0.25, 0.3) is 99.7 Å². The highest BCUT2D eigenvalue weighted by molar-refractivity contribution is 6.19. The third kappa shape index (κ3) is 4.78. The second kappa shape index (κ2) is 12.1. The van der Waals surface area contributed by atoms with Crippen LogP contribution in [0, 0.1) is 0 Å². The van der Waals surface area contributed by atoms with E-state index in [1.165, 1.54) is 43.6 Å². The Hall–Kier alpha value is -7.30. The molecule has 0 radical (unpaired) electrons. The number of hydrogen-bond acceptors (Lipinski definition) is 2. The van der Waals surface area contributed by atoms with Crippen LogP contribution in [0.5, 0.6) is 0 Å². The quantitative estimate of drug-likeness (QED) is 0.180. The van der Waals surface area contributed by atoms with Crippen LogP contribution in [0.15, 0.2) is 194 Å². The molecule has 0 amide bonds. The number of hydrogen-bond donors (Lipinski definition) is 0. The molecular formula is C50H32N4. The number of nitrogens with zero attached hydrogens (tertiary/aromatic N) is 4. The van der Waals surface area contributed by atoms with Crippen molar-refractivity contribution in [1.82, 2.24) is 19.1 Å². The van der Waals surface area contributed by atoms with Crippen molar-refractivity contribution in [3.63, 3.8) is 0 Å². The van der Waals surface area contributed by atoms with Crippen molar-refractivity contribution in [2.45, 2.75) is 0 Å². The van der Waals surface area contributed by atoms with Gasteiger partial charge >= 0.3 is 0 Å². The molecule has 11 rings (SSSR count). The molecule has 0 N–H and O–H groups in total. The van der Waals surface area contributed by atoms with Crippen molar-refractivity contribution in [1.29, 1.82) is 0 Å². The predicted molar refractivity (Wildman–Crippen MR) is 225 cm³/mol. The maximum Gasteiger partial charge on any atom is 0.161 e. The topological polar surface area (TPSA) is 35.6 Å². The molecule has 0 spiro atoms. The Morgan fingerprint density at radius 3 is 1.46 bits per heavy atom. The summed E-state index contributed by atoms with van der Waals surface area (Å²) in [5.74, 6) is 0.710. The first-order valence-electron chi connectivity index (χ1n) is 18.3. The minimum absolute atomic E-state index is 0.710. The number of para-hydroxylation sites is 3. The number of benzene rings is 8. The normalized spacial score (nSPS) is 11.7. The summed E-state index contributed by atoms with van der Waals surface area (Å²) in [6.07, 6.45) is 0. The Labute approximate surface area is 311 Å². The van der Waals surface area contributed by atoms with E-state index in [-0.39, 0.29) is 0 Å². The molecule has 0 saturated carbocycles. The number of rotatable bonds is 5. The van der Waals surface area contributed by atoms with Gasteiger partial charge in [-0.05, 0) is 65.4 Å². The molecule has 0 fully saturated rings. The first-order valence-corrected chi connectivity index (χ1v) is 18.3. The fraction of sp³-hybridized carbons (Fsp3) is 0. The third-order valence-corrected chi connectivity index (χ3v) is 10.7. The zero-order valence-corrected chi connectivity index (χ0v) is 29.3. The molecule has 4 nitrogen and oxygen atoms in total. The van der Waals surface area contributed by atoms with Gasteiger partial charge in [-0.3, -0.25) is 0 Å². The van der Waals surface area contributed by atoms with Gasteiger partial charge in [-0.2, -0.15) is 0 Å². The van der Waals surface area contributed by atoms with E-state index >= 15 is 0 Å². The lowest BCUT2D eigenvalue weighted by molar-refractivity contribution is 1.17. The maximum atomic E-state index is 5.17. The van der Waals surface area contributed by atoms with Crippen molar-refractivity contribution in [3.05, 3.63) is 194 Å². The third-order valence-electron chi connectivity index (χ3n) is 10.7. The van der Waals surface area contributed by atoms with Crippen LogP contribution in [0.4, 0.5) is 0 Å². The molecule has 3 aromatic heterocycles. The van der Waals surface area contributed by atoms with Gasteiger partial charge in [-0.25, -0.2) is 9.97 Å². The van der Waals surface area contributed by atoms with Gasteiger partial charge in [0.2, 0.25) is 0 Å². The van der Waals surface area contributed by atoms with Gasteiger partial charge in [-0.1, -0.05) is 140 Å². The molecule has 54 heavy (non-hydrogen) atoms. The van der Waals surface area contributed by atoms with E-state index in [0.29, 0.717) is 5.82 Å². The molecule has 0 unspecified atom stereocenters. The molecule has 0 aliphatic rings. The van der Waals surface area contributed by atoms with Crippen LogP contribution in [0.1, 0.15) is 0 Å². The van der Waals surface area contributed by atoms with Gasteiger partial charge in [0.1, 0.15) is 0 Å². The first kappa shape index (κ1) is 30.3. The molecule has 0 aliphatic heterocycles. The van der Waals surface area contributed by atoms with Gasteiger partial charge in [0.05, 0.1) is 33.5 Å². The second-order valence-corrected chi connectivity index (χ2v) is 13.8. The lowest BCUT2D eigenvalue weighted by atomic mass is 10.0. The van der Waals surface area contributed by atoms with Gasteiger partial charge in [-0.15, -0.1) is 0 Å². The Morgan fingerprint density at radius 2 is 0.852 bits per heavy atom. The minimum Gasteiger partial charge on any atom is -0.309 e. The second-order valence-electron chi connectivity index (χ2n) is 13.8. The number of aromatic nitrogens is 4. The molecule has 11 aromatic rings. The van der Waals surface area contributed by atoms with Crippen LogP contribution < -0.4 is 0 Å². The zero-order chi connectivity index (χ0) is 35.6. The van der Waals surface area contributed by atoms with Crippen molar-refractivity contribution in [3.8, 4) is 45.3 Å². The SMILES string of the molecule is c1ccc(-c2cc(-c3ccccc3)nc(-c3cccc4cc(-n5c6ccccc6c6cc7c8ccccc8n(-c8ccccc8)c7cc65)ccc34)n2)cc1. The van der Waals surface area contributed by atoms with Gasteiger partial charge in [0, 0.05) is 49.6 Å². The summed E-state index contributed by atoms with van der Waals surface area (Å²) in [5.41, 5.74) is 11.9. The number of fused-ring (bicyclic) bond motifs is 7. The highest BCUT2D eigenvalue weighted by atomic mass is 15.0. The van der Waals surface area contributed by atoms with E-state index in [4.69, 9.17) is 9.97 Å². The van der Waals surface area contributed by atoms with Gasteiger partial charge < -0.3 is 9.13 Å². The summed E-state index contributed by atoms with van der Waals surface area (Å²) in [4.78, 5) is 10.3. The van der Waals surface area contributed by atoms with Crippen molar-refractivity contribution >= 4 is 54.4 Å². The Morgan fingerprint density at radius 1 is 0.315 bits per heavy atom. The molecule has 8 aromatic carbocycles. The van der Waals surface area contributed by atoms with Crippen molar-refractivity contribution in [2.75, 3.05) is 0 Å². The molecule has 0 aliphatic carbocycles. The van der Waals surface area contributed by atoms with E-state index in [1.807, 2.05) is 12.1 Å².